The Morgan fingerprint density at radius 2 is 0.811 bits per heavy atom. The van der Waals surface area contributed by atoms with Crippen LogP contribution in [0.2, 0.25) is 0 Å². The third kappa shape index (κ3) is 39.7. The van der Waals surface area contributed by atoms with Crippen LogP contribution in [0.25, 0.3) is 0 Å². The molecule has 1 fully saturated rings. The molecule has 11 nitrogen and oxygen atoms in total. The third-order valence-corrected chi connectivity index (χ3v) is 15.2. The summed E-state index contributed by atoms with van der Waals surface area (Å²) >= 11 is 0. The summed E-state index contributed by atoms with van der Waals surface area (Å²) in [6, 6.07) is -1.19. The van der Waals surface area contributed by atoms with Gasteiger partial charge in [0, 0.05) is 0 Å². The van der Waals surface area contributed by atoms with E-state index in [1.165, 1.54) is 199 Å². The molecule has 1 heterocycles. The average Bonchev–Trinajstić information content (AvgIpc) is 3.40. The number of amides is 1. The number of allylic oxidation sites excluding steroid dienone is 6. The van der Waals surface area contributed by atoms with Gasteiger partial charge >= 0.3 is 0 Å². The monoisotopic (exact) mass is 1050 g/mol. The van der Waals surface area contributed by atoms with Crippen LogP contribution in [-0.4, -0.2) is 110 Å². The highest BCUT2D eigenvalue weighted by atomic mass is 16.7. The van der Waals surface area contributed by atoms with Gasteiger partial charge in [-0.15, -0.1) is 0 Å². The Labute approximate surface area is 454 Å². The van der Waals surface area contributed by atoms with Gasteiger partial charge in [0.1, 0.15) is 36.6 Å². The molecule has 0 radical (unpaired) electrons. The first kappa shape index (κ1) is 70.3. The number of rotatable bonds is 54. The largest absolute Gasteiger partial charge is 0.394 e. The number of ether oxygens (including phenoxy) is 2. The normalized spacial score (nSPS) is 20.0. The maximum absolute atomic E-state index is 13.2. The summed E-state index contributed by atoms with van der Waals surface area (Å²) in [7, 11) is 0. The van der Waals surface area contributed by atoms with Crippen LogP contribution in [0.4, 0.5) is 0 Å². The molecule has 436 valence electrons. The standard InChI is InChI=1S/C63H119NO10/c1-3-5-7-9-11-13-15-17-19-20-21-22-23-24-25-26-27-28-29-30-31-32-33-34-35-37-38-40-42-44-46-48-50-55(66)58(68)54(53-73-63-61(71)60(70)59(69)57(52-65)74-63)64-62(72)56(67)51-49-47-45-43-41-39-36-18-16-14-12-10-8-6-4-2/h31-32,35,37,42,44,54-61,63,65-71H,3-30,33-34,36,38-41,43,45-53H2,1-2H3,(H,64,72)/b32-31+,37-35+,44-42+. The van der Waals surface area contributed by atoms with Crippen LogP contribution in [0, 0.1) is 0 Å². The van der Waals surface area contributed by atoms with Crippen LogP contribution in [0.5, 0.6) is 0 Å². The second-order valence-corrected chi connectivity index (χ2v) is 22.1. The molecular weight excluding hydrogens is 931 g/mol. The summed E-state index contributed by atoms with van der Waals surface area (Å²) in [5.74, 6) is -0.710. The molecule has 0 aromatic heterocycles. The van der Waals surface area contributed by atoms with Gasteiger partial charge in [-0.3, -0.25) is 4.79 Å². The SMILES string of the molecule is CCCCCCCCCCCCCCCCCCCCC/C=C/CC/C=C/CC/C=C/CCCC(O)C(O)C(COC1OC(CO)C(O)C(O)C1O)NC(=O)C(O)CCCCCCCCCCCCCCCCC. The fourth-order valence-corrected chi connectivity index (χ4v) is 10.1. The maximum Gasteiger partial charge on any atom is 0.249 e. The van der Waals surface area contributed by atoms with Crippen molar-refractivity contribution in [3.8, 4) is 0 Å². The van der Waals surface area contributed by atoms with Crippen LogP contribution in [0.1, 0.15) is 290 Å². The molecule has 0 aliphatic carbocycles. The molecule has 1 rings (SSSR count). The number of hydrogen-bond donors (Lipinski definition) is 8. The van der Waals surface area contributed by atoms with Crippen molar-refractivity contribution in [1.29, 1.82) is 0 Å². The maximum atomic E-state index is 13.2. The predicted molar refractivity (Wildman–Crippen MR) is 307 cm³/mol. The van der Waals surface area contributed by atoms with E-state index in [2.05, 4.69) is 55.6 Å². The summed E-state index contributed by atoms with van der Waals surface area (Å²) in [6.45, 7) is 3.46. The smallest absolute Gasteiger partial charge is 0.249 e. The molecule has 0 bridgehead atoms. The Kier molecular flexibility index (Phi) is 49.5. The van der Waals surface area contributed by atoms with Crippen molar-refractivity contribution in [1.82, 2.24) is 5.32 Å². The van der Waals surface area contributed by atoms with E-state index in [1.54, 1.807) is 0 Å². The van der Waals surface area contributed by atoms with E-state index in [-0.39, 0.29) is 12.8 Å². The zero-order chi connectivity index (χ0) is 54.0. The number of nitrogens with one attached hydrogen (secondary N) is 1. The van der Waals surface area contributed by atoms with Gasteiger partial charge in [-0.25, -0.2) is 0 Å². The van der Waals surface area contributed by atoms with Gasteiger partial charge < -0.3 is 50.5 Å². The molecular formula is C63H119NO10. The topological polar surface area (TPSA) is 189 Å². The predicted octanol–water partition coefficient (Wildman–Crippen LogP) is 13.9. The van der Waals surface area contributed by atoms with Gasteiger partial charge in [0.05, 0.1) is 25.4 Å². The minimum Gasteiger partial charge on any atom is -0.394 e. The van der Waals surface area contributed by atoms with E-state index in [0.717, 1.165) is 44.9 Å². The molecule has 0 aromatic rings. The van der Waals surface area contributed by atoms with Crippen LogP contribution in [-0.2, 0) is 14.3 Å². The zero-order valence-electron chi connectivity index (χ0n) is 47.8. The number of carbonyl (C=O) groups excluding carboxylic acids is 1. The Balaban J connectivity index is 2.26. The summed E-state index contributed by atoms with van der Waals surface area (Å²) in [4.78, 5) is 13.2. The van der Waals surface area contributed by atoms with Crippen molar-refractivity contribution in [2.75, 3.05) is 13.2 Å². The number of unbranched alkanes of at least 4 members (excludes halogenated alkanes) is 36. The van der Waals surface area contributed by atoms with E-state index in [0.29, 0.717) is 19.3 Å². The second-order valence-electron chi connectivity index (χ2n) is 22.1. The minimum absolute atomic E-state index is 0.243. The van der Waals surface area contributed by atoms with Gasteiger partial charge in [0.25, 0.3) is 0 Å². The Morgan fingerprint density at radius 3 is 1.20 bits per heavy atom. The van der Waals surface area contributed by atoms with E-state index in [4.69, 9.17) is 9.47 Å². The molecule has 11 heteroatoms. The summed E-state index contributed by atoms with van der Waals surface area (Å²) < 4.78 is 11.1. The first-order valence-corrected chi connectivity index (χ1v) is 31.4. The average molecular weight is 1050 g/mol. The molecule has 74 heavy (non-hydrogen) atoms. The van der Waals surface area contributed by atoms with Crippen LogP contribution in [0.15, 0.2) is 36.5 Å². The highest BCUT2D eigenvalue weighted by Gasteiger charge is 2.44. The van der Waals surface area contributed by atoms with Crippen LogP contribution >= 0.6 is 0 Å². The molecule has 1 aliphatic rings. The fourth-order valence-electron chi connectivity index (χ4n) is 10.1. The lowest BCUT2D eigenvalue weighted by Gasteiger charge is -2.40. The van der Waals surface area contributed by atoms with Gasteiger partial charge in [0.2, 0.25) is 5.91 Å². The van der Waals surface area contributed by atoms with E-state index < -0.39 is 74.2 Å². The van der Waals surface area contributed by atoms with Crippen LogP contribution in [0.3, 0.4) is 0 Å². The second kappa shape index (κ2) is 52.1. The van der Waals surface area contributed by atoms with Gasteiger partial charge in [-0.1, -0.05) is 262 Å². The molecule has 9 atom stereocenters. The number of aliphatic hydroxyl groups excluding tert-OH is 7. The quantitative estimate of drug-likeness (QED) is 0.0215. The molecule has 9 unspecified atom stereocenters. The van der Waals surface area contributed by atoms with Gasteiger partial charge in [-0.2, -0.15) is 0 Å². The molecule has 1 amide bonds. The number of carbonyl (C=O) groups is 1. The third-order valence-electron chi connectivity index (χ3n) is 15.2. The summed E-state index contributed by atoms with van der Waals surface area (Å²) in [5.41, 5.74) is 0. The first-order valence-electron chi connectivity index (χ1n) is 31.4. The van der Waals surface area contributed by atoms with Crippen LogP contribution < -0.4 is 5.32 Å². The van der Waals surface area contributed by atoms with Crippen molar-refractivity contribution < 1.29 is 50.0 Å². The van der Waals surface area contributed by atoms with Gasteiger partial charge in [-0.05, 0) is 64.2 Å². The fraction of sp³-hybridized carbons (Fsp3) is 0.889. The van der Waals surface area contributed by atoms with E-state index in [1.807, 2.05) is 0 Å². The molecule has 1 aliphatic heterocycles. The van der Waals surface area contributed by atoms with Crippen molar-refractivity contribution in [2.24, 2.45) is 0 Å². The molecule has 0 saturated carbocycles. The number of aliphatic hydroxyl groups is 7. The van der Waals surface area contributed by atoms with Crippen molar-refractivity contribution >= 4 is 5.91 Å². The Bertz CT molecular complexity index is 1300. The van der Waals surface area contributed by atoms with Crippen molar-refractivity contribution in [3.63, 3.8) is 0 Å². The van der Waals surface area contributed by atoms with E-state index in [9.17, 15) is 40.5 Å². The van der Waals surface area contributed by atoms with Crippen molar-refractivity contribution in [2.45, 2.75) is 345 Å². The zero-order valence-corrected chi connectivity index (χ0v) is 47.8. The minimum atomic E-state index is -1.67. The lowest BCUT2D eigenvalue weighted by Crippen LogP contribution is -2.60. The molecule has 1 saturated heterocycles. The van der Waals surface area contributed by atoms with Gasteiger partial charge in [0.15, 0.2) is 6.29 Å². The summed E-state index contributed by atoms with van der Waals surface area (Å²) in [5, 5.41) is 76.1. The molecule has 0 spiro atoms. The lowest BCUT2D eigenvalue weighted by atomic mass is 9.98. The number of hydrogen-bond acceptors (Lipinski definition) is 10. The highest BCUT2D eigenvalue weighted by molar-refractivity contribution is 5.80. The Hall–Kier alpha value is -1.67. The highest BCUT2D eigenvalue weighted by Crippen LogP contribution is 2.23. The van der Waals surface area contributed by atoms with Crippen molar-refractivity contribution in [3.05, 3.63) is 36.5 Å². The molecule has 0 aromatic carbocycles. The lowest BCUT2D eigenvalue weighted by molar-refractivity contribution is -0.303. The Morgan fingerprint density at radius 1 is 0.459 bits per heavy atom. The molecule has 8 N–H and O–H groups in total. The summed E-state index contributed by atoms with van der Waals surface area (Å²) in [6.07, 6.45) is 53.7. The van der Waals surface area contributed by atoms with E-state index >= 15 is 0 Å². The first-order chi connectivity index (χ1) is 36.2.